The first-order valence-electron chi connectivity index (χ1n) is 12.7. The van der Waals surface area contributed by atoms with Crippen molar-refractivity contribution in [2.75, 3.05) is 13.3 Å². The van der Waals surface area contributed by atoms with Gasteiger partial charge in [-0.2, -0.15) is 5.10 Å². The van der Waals surface area contributed by atoms with Crippen molar-refractivity contribution in [1.29, 1.82) is 0 Å². The molecule has 9 heteroatoms. The molecule has 2 aromatic rings. The van der Waals surface area contributed by atoms with Crippen molar-refractivity contribution in [3.8, 4) is 5.75 Å². The highest BCUT2D eigenvalue weighted by Crippen LogP contribution is 2.43. The van der Waals surface area contributed by atoms with Gasteiger partial charge in [-0.05, 0) is 67.3 Å². The summed E-state index contributed by atoms with van der Waals surface area (Å²) in [5, 5.41) is 17.6. The first-order chi connectivity index (χ1) is 18.3. The molecule has 3 unspecified atom stereocenters. The number of nitrogens with zero attached hydrogens (tertiary/aromatic N) is 2. The number of hydrogen-bond donors (Lipinski definition) is 2. The molecule has 0 saturated heterocycles. The van der Waals surface area contributed by atoms with Gasteiger partial charge in [0.15, 0.2) is 17.4 Å². The number of alkyl halides is 1. The summed E-state index contributed by atoms with van der Waals surface area (Å²) in [6, 6.07) is 8.85. The molecule has 1 aliphatic heterocycles. The number of hydrogen-bond acceptors (Lipinski definition) is 4. The Morgan fingerprint density at radius 2 is 1.87 bits per heavy atom. The van der Waals surface area contributed by atoms with Crippen LogP contribution >= 0.6 is 11.6 Å². The Bertz CT molecular complexity index is 1290. The number of rotatable bonds is 11. The Hall–Kier alpha value is -3.23. The number of amidine groups is 1. The van der Waals surface area contributed by atoms with Crippen LogP contribution < -0.4 is 10.5 Å². The third kappa shape index (κ3) is 6.50. The van der Waals surface area contributed by atoms with Crippen molar-refractivity contribution >= 4 is 23.0 Å². The molecule has 39 heavy (non-hydrogen) atoms. The number of benzene rings is 2. The number of aliphatic hydroxyl groups is 1. The van der Waals surface area contributed by atoms with Crippen molar-refractivity contribution in [2.24, 2.45) is 22.2 Å². The van der Waals surface area contributed by atoms with Gasteiger partial charge in [0.05, 0.1) is 24.6 Å². The topological polar surface area (TPSA) is 71.1 Å². The molecule has 5 nitrogen and oxygen atoms in total. The molecule has 1 heterocycles. The molecule has 0 fully saturated rings. The Morgan fingerprint density at radius 1 is 1.21 bits per heavy atom. The molecule has 3 N–H and O–H groups in total. The van der Waals surface area contributed by atoms with E-state index in [-0.39, 0.29) is 24.5 Å². The smallest absolute Gasteiger partial charge is 0.191 e. The van der Waals surface area contributed by atoms with Gasteiger partial charge in [0.25, 0.3) is 0 Å². The van der Waals surface area contributed by atoms with Crippen LogP contribution in [-0.2, 0) is 5.60 Å². The summed E-state index contributed by atoms with van der Waals surface area (Å²) in [5.74, 6) is -1.85. The summed E-state index contributed by atoms with van der Waals surface area (Å²) in [6.07, 6.45) is 5.63. The average molecular weight is 562 g/mol. The molecule has 3 rings (SSSR count). The molecule has 0 spiro atoms. The van der Waals surface area contributed by atoms with E-state index in [4.69, 9.17) is 22.1 Å². The second-order valence-electron chi connectivity index (χ2n) is 10.2. The SMILES string of the molecule is C=C1C=C(c2ccc(F)c(OCCC(C)(CF)C(C)(O)c3ccc(Cl)cc3)c2F)C=CN1/N=C(/N)C(C)CC. The third-order valence-electron chi connectivity index (χ3n) is 7.49. The molecular weight excluding hydrogens is 527 g/mol. The van der Waals surface area contributed by atoms with Crippen molar-refractivity contribution in [3.63, 3.8) is 0 Å². The van der Waals surface area contributed by atoms with E-state index in [1.54, 1.807) is 49.5 Å². The summed E-state index contributed by atoms with van der Waals surface area (Å²) in [6.45, 7) is 9.85. The highest BCUT2D eigenvalue weighted by Gasteiger charge is 2.44. The lowest BCUT2D eigenvalue weighted by Gasteiger charge is -2.41. The van der Waals surface area contributed by atoms with Crippen LogP contribution in [0.4, 0.5) is 13.2 Å². The van der Waals surface area contributed by atoms with Crippen LogP contribution in [0.3, 0.4) is 0 Å². The van der Waals surface area contributed by atoms with Gasteiger partial charge in [-0.15, -0.1) is 0 Å². The normalized spacial score (nSPS) is 17.9. The number of halogens is 4. The van der Waals surface area contributed by atoms with E-state index in [0.29, 0.717) is 27.7 Å². The summed E-state index contributed by atoms with van der Waals surface area (Å²) in [4.78, 5) is 0. The van der Waals surface area contributed by atoms with E-state index in [1.807, 2.05) is 13.8 Å². The van der Waals surface area contributed by atoms with E-state index < -0.39 is 35.1 Å². The number of allylic oxidation sites excluding steroid dienone is 3. The third-order valence-corrected chi connectivity index (χ3v) is 7.74. The highest BCUT2D eigenvalue weighted by molar-refractivity contribution is 6.30. The van der Waals surface area contributed by atoms with Crippen LogP contribution in [0, 0.1) is 23.0 Å². The molecule has 1 aliphatic rings. The van der Waals surface area contributed by atoms with Gasteiger partial charge >= 0.3 is 0 Å². The Morgan fingerprint density at radius 3 is 2.46 bits per heavy atom. The molecule has 0 bridgehead atoms. The van der Waals surface area contributed by atoms with Crippen molar-refractivity contribution in [1.82, 2.24) is 5.01 Å². The van der Waals surface area contributed by atoms with Crippen molar-refractivity contribution in [2.45, 2.75) is 46.1 Å². The fourth-order valence-corrected chi connectivity index (χ4v) is 4.19. The molecule has 0 aliphatic carbocycles. The maximum atomic E-state index is 15.5. The van der Waals surface area contributed by atoms with E-state index in [2.05, 4.69) is 11.7 Å². The summed E-state index contributed by atoms with van der Waals surface area (Å²) in [5.41, 5.74) is 4.58. The molecular formula is C30H35ClF3N3O2. The predicted molar refractivity (Wildman–Crippen MR) is 151 cm³/mol. The zero-order valence-corrected chi connectivity index (χ0v) is 23.4. The summed E-state index contributed by atoms with van der Waals surface area (Å²) in [7, 11) is 0. The summed E-state index contributed by atoms with van der Waals surface area (Å²) < 4.78 is 49.9. The lowest BCUT2D eigenvalue weighted by atomic mass is 9.69. The zero-order valence-electron chi connectivity index (χ0n) is 22.6. The van der Waals surface area contributed by atoms with Gasteiger partial charge in [0.2, 0.25) is 0 Å². The fraction of sp³-hybridized carbons (Fsp3) is 0.367. The molecule has 0 amide bonds. The van der Waals surface area contributed by atoms with Gasteiger partial charge in [-0.25, -0.2) is 13.8 Å². The van der Waals surface area contributed by atoms with Crippen LogP contribution in [0.25, 0.3) is 5.57 Å². The lowest BCUT2D eigenvalue weighted by Crippen LogP contribution is -2.44. The lowest BCUT2D eigenvalue weighted by molar-refractivity contribution is -0.0882. The molecule has 0 radical (unpaired) electrons. The largest absolute Gasteiger partial charge is 0.488 e. The second kappa shape index (κ2) is 12.3. The molecule has 0 aromatic heterocycles. The van der Waals surface area contributed by atoms with Gasteiger partial charge < -0.3 is 15.6 Å². The minimum Gasteiger partial charge on any atom is -0.488 e. The van der Waals surface area contributed by atoms with E-state index in [0.717, 1.165) is 12.5 Å². The monoisotopic (exact) mass is 561 g/mol. The molecule has 0 saturated carbocycles. The van der Waals surface area contributed by atoms with Crippen molar-refractivity contribution < 1.29 is 23.0 Å². The molecule has 210 valence electrons. The van der Waals surface area contributed by atoms with E-state index in [1.165, 1.54) is 18.0 Å². The number of hydrazone groups is 1. The first kappa shape index (κ1) is 30.3. The standard InChI is InChI=1S/C30H35ClF3N3O2/c1-6-19(2)28(35)36-37-15-13-21(17-20(37)3)24-11-12-25(33)27(26(24)34)39-16-14-29(4,18-32)30(5,38)22-7-9-23(31)10-8-22/h7-13,15,17,19,38H,3,6,14,16,18H2,1-2,4-5H3,(H2,35,36). The van der Waals surface area contributed by atoms with Gasteiger partial charge in [-0.1, -0.05) is 51.1 Å². The highest BCUT2D eigenvalue weighted by atomic mass is 35.5. The van der Waals surface area contributed by atoms with E-state index >= 15 is 4.39 Å². The number of ether oxygens (including phenoxy) is 1. The minimum absolute atomic E-state index is 0.0216. The first-order valence-corrected chi connectivity index (χ1v) is 13.1. The maximum Gasteiger partial charge on any atom is 0.191 e. The Labute approximate surface area is 233 Å². The maximum absolute atomic E-state index is 15.5. The van der Waals surface area contributed by atoms with Crippen LogP contribution in [0.5, 0.6) is 5.75 Å². The zero-order chi connectivity index (χ0) is 29.0. The molecule has 2 aromatic carbocycles. The van der Waals surface area contributed by atoms with Crippen LogP contribution in [0.15, 0.2) is 72.1 Å². The minimum atomic E-state index is -1.60. The van der Waals surface area contributed by atoms with Crippen LogP contribution in [0.2, 0.25) is 5.02 Å². The van der Waals surface area contributed by atoms with Gasteiger partial charge in [-0.3, -0.25) is 4.39 Å². The quantitative estimate of drug-likeness (QED) is 0.223. The van der Waals surface area contributed by atoms with E-state index in [9.17, 15) is 13.9 Å². The van der Waals surface area contributed by atoms with Gasteiger partial charge in [0, 0.05) is 28.1 Å². The average Bonchev–Trinajstić information content (AvgIpc) is 2.91. The van der Waals surface area contributed by atoms with Crippen molar-refractivity contribution in [3.05, 3.63) is 94.8 Å². The molecule has 3 atom stereocenters. The fourth-order valence-electron chi connectivity index (χ4n) is 4.07. The second-order valence-corrected chi connectivity index (χ2v) is 10.6. The van der Waals surface area contributed by atoms with Gasteiger partial charge in [0.1, 0.15) is 5.84 Å². The van der Waals surface area contributed by atoms with Crippen LogP contribution in [0.1, 0.15) is 51.7 Å². The Balaban J connectivity index is 1.78. The van der Waals surface area contributed by atoms with Crippen LogP contribution in [-0.4, -0.2) is 29.2 Å². The predicted octanol–water partition coefficient (Wildman–Crippen LogP) is 7.32. The number of nitrogens with two attached hydrogens (primary N) is 1. The summed E-state index contributed by atoms with van der Waals surface area (Å²) >= 11 is 5.94. The Kier molecular flexibility index (Phi) is 9.56.